The second kappa shape index (κ2) is 10.7. The summed E-state index contributed by atoms with van der Waals surface area (Å²) in [5.41, 5.74) is 2.50. The van der Waals surface area contributed by atoms with E-state index < -0.39 is 10.0 Å². The van der Waals surface area contributed by atoms with Gasteiger partial charge in [-0.2, -0.15) is 4.31 Å². The summed E-state index contributed by atoms with van der Waals surface area (Å²) < 4.78 is 32.8. The van der Waals surface area contributed by atoms with Gasteiger partial charge >= 0.3 is 0 Å². The Labute approximate surface area is 200 Å². The number of aryl methyl sites for hydroxylation is 1. The fourth-order valence-electron chi connectivity index (χ4n) is 4.25. The van der Waals surface area contributed by atoms with Crippen LogP contribution in [0.4, 0.5) is 0 Å². The van der Waals surface area contributed by atoms with Crippen LogP contribution in [0.25, 0.3) is 0 Å². The van der Waals surface area contributed by atoms with Crippen molar-refractivity contribution in [1.82, 2.24) is 14.5 Å². The molecule has 8 nitrogen and oxygen atoms in total. The minimum absolute atomic E-state index is 0.0266. The van der Waals surface area contributed by atoms with E-state index in [4.69, 9.17) is 4.74 Å². The molecule has 0 saturated carbocycles. The van der Waals surface area contributed by atoms with Crippen LogP contribution in [0, 0.1) is 6.92 Å². The maximum atomic E-state index is 13.0. The molecule has 0 aromatic heterocycles. The molecule has 1 N–H and O–H groups in total. The zero-order valence-corrected chi connectivity index (χ0v) is 20.3. The number of rotatable bonds is 6. The van der Waals surface area contributed by atoms with E-state index in [0.717, 1.165) is 24.8 Å². The third-order valence-corrected chi connectivity index (χ3v) is 8.25. The smallest absolute Gasteiger partial charge is 0.254 e. The van der Waals surface area contributed by atoms with E-state index >= 15 is 0 Å². The Morgan fingerprint density at radius 1 is 0.941 bits per heavy atom. The number of sulfonamides is 1. The lowest BCUT2D eigenvalue weighted by Gasteiger charge is -2.26. The maximum Gasteiger partial charge on any atom is 0.254 e. The number of nitrogens with zero attached hydrogens (tertiary/aromatic N) is 2. The maximum absolute atomic E-state index is 13.0. The standard InChI is InChI=1S/C25H31N3O5S/c1-19-5-10-22(34(31,32)28-11-3-2-4-12-28)17-23(19)24(29)26-18-20-6-8-21(9-7-20)25(30)27-13-15-33-16-14-27/h5-10,17H,2-4,11-16,18H2,1H3,(H,26,29). The fourth-order valence-corrected chi connectivity index (χ4v) is 5.80. The summed E-state index contributed by atoms with van der Waals surface area (Å²) in [4.78, 5) is 27.4. The van der Waals surface area contributed by atoms with E-state index in [1.807, 2.05) is 12.1 Å². The van der Waals surface area contributed by atoms with E-state index in [9.17, 15) is 18.0 Å². The highest BCUT2D eigenvalue weighted by atomic mass is 32.2. The number of piperidine rings is 1. The van der Waals surface area contributed by atoms with E-state index in [0.29, 0.717) is 56.1 Å². The van der Waals surface area contributed by atoms with Crippen molar-refractivity contribution in [2.24, 2.45) is 0 Å². The highest BCUT2D eigenvalue weighted by Gasteiger charge is 2.27. The Bertz CT molecular complexity index is 1140. The highest BCUT2D eigenvalue weighted by Crippen LogP contribution is 2.23. The van der Waals surface area contributed by atoms with Crippen LogP contribution in [0.5, 0.6) is 0 Å². The molecular formula is C25H31N3O5S. The first-order chi connectivity index (χ1) is 16.4. The lowest BCUT2D eigenvalue weighted by atomic mass is 10.1. The van der Waals surface area contributed by atoms with Crippen LogP contribution in [-0.4, -0.2) is 68.8 Å². The summed E-state index contributed by atoms with van der Waals surface area (Å²) >= 11 is 0. The summed E-state index contributed by atoms with van der Waals surface area (Å²) in [6.07, 6.45) is 2.75. The molecule has 2 aromatic rings. The van der Waals surface area contributed by atoms with Crippen LogP contribution in [0.1, 0.15) is 51.1 Å². The predicted molar refractivity (Wildman–Crippen MR) is 128 cm³/mol. The fraction of sp³-hybridized carbons (Fsp3) is 0.440. The van der Waals surface area contributed by atoms with Gasteiger partial charge in [0.25, 0.3) is 11.8 Å². The van der Waals surface area contributed by atoms with Crippen molar-refractivity contribution in [2.75, 3.05) is 39.4 Å². The molecule has 0 unspecified atom stereocenters. The Morgan fingerprint density at radius 2 is 1.62 bits per heavy atom. The third kappa shape index (κ3) is 5.48. The lowest BCUT2D eigenvalue weighted by molar-refractivity contribution is 0.0303. The number of hydrogen-bond donors (Lipinski definition) is 1. The van der Waals surface area contributed by atoms with Crippen molar-refractivity contribution >= 4 is 21.8 Å². The van der Waals surface area contributed by atoms with Gasteiger partial charge in [0.15, 0.2) is 0 Å². The molecule has 2 heterocycles. The lowest BCUT2D eigenvalue weighted by Crippen LogP contribution is -2.40. The van der Waals surface area contributed by atoms with Crippen molar-refractivity contribution in [3.63, 3.8) is 0 Å². The van der Waals surface area contributed by atoms with Gasteiger partial charge in [-0.15, -0.1) is 0 Å². The van der Waals surface area contributed by atoms with Crippen molar-refractivity contribution < 1.29 is 22.7 Å². The number of hydrogen-bond acceptors (Lipinski definition) is 5. The molecule has 2 aromatic carbocycles. The van der Waals surface area contributed by atoms with E-state index in [2.05, 4.69) is 5.32 Å². The molecule has 2 aliphatic rings. The zero-order chi connectivity index (χ0) is 24.1. The van der Waals surface area contributed by atoms with Crippen LogP contribution in [0.3, 0.4) is 0 Å². The first kappa shape index (κ1) is 24.4. The SMILES string of the molecule is Cc1ccc(S(=O)(=O)N2CCCCC2)cc1C(=O)NCc1ccc(C(=O)N2CCOCC2)cc1. The largest absolute Gasteiger partial charge is 0.378 e. The number of carbonyl (C=O) groups excluding carboxylic acids is 2. The number of nitrogens with one attached hydrogen (secondary N) is 1. The Morgan fingerprint density at radius 3 is 2.29 bits per heavy atom. The van der Waals surface area contributed by atoms with Gasteiger partial charge in [-0.05, 0) is 55.2 Å². The summed E-state index contributed by atoms with van der Waals surface area (Å²) in [6, 6.07) is 11.9. The number of carbonyl (C=O) groups is 2. The minimum Gasteiger partial charge on any atom is -0.378 e. The van der Waals surface area contributed by atoms with Gasteiger partial charge in [0.2, 0.25) is 10.0 Å². The number of benzene rings is 2. The Balaban J connectivity index is 1.41. The van der Waals surface area contributed by atoms with Crippen molar-refractivity contribution in [2.45, 2.75) is 37.6 Å². The predicted octanol–water partition coefficient (Wildman–Crippen LogP) is 2.57. The first-order valence-corrected chi connectivity index (χ1v) is 13.2. The average molecular weight is 486 g/mol. The van der Waals surface area contributed by atoms with Crippen LogP contribution in [0.2, 0.25) is 0 Å². The van der Waals surface area contributed by atoms with Crippen molar-refractivity contribution in [1.29, 1.82) is 0 Å². The monoisotopic (exact) mass is 485 g/mol. The van der Waals surface area contributed by atoms with Crippen LogP contribution in [-0.2, 0) is 21.3 Å². The van der Waals surface area contributed by atoms with Gasteiger partial charge in [0.05, 0.1) is 18.1 Å². The van der Waals surface area contributed by atoms with Crippen LogP contribution < -0.4 is 5.32 Å². The second-order valence-electron chi connectivity index (χ2n) is 8.73. The van der Waals surface area contributed by atoms with Gasteiger partial charge in [-0.1, -0.05) is 24.6 Å². The topological polar surface area (TPSA) is 96.0 Å². The van der Waals surface area contributed by atoms with E-state index in [-0.39, 0.29) is 23.3 Å². The normalized spacial score (nSPS) is 17.4. The molecule has 0 radical (unpaired) electrons. The summed E-state index contributed by atoms with van der Waals surface area (Å²) in [7, 11) is -3.61. The molecule has 2 aliphatic heterocycles. The molecule has 0 bridgehead atoms. The summed E-state index contributed by atoms with van der Waals surface area (Å²) in [5.74, 6) is -0.358. The molecule has 0 atom stereocenters. The summed E-state index contributed by atoms with van der Waals surface area (Å²) in [6.45, 7) is 5.37. The highest BCUT2D eigenvalue weighted by molar-refractivity contribution is 7.89. The third-order valence-electron chi connectivity index (χ3n) is 6.36. The number of morpholine rings is 1. The van der Waals surface area contributed by atoms with Gasteiger partial charge in [-0.25, -0.2) is 8.42 Å². The molecule has 2 saturated heterocycles. The molecule has 9 heteroatoms. The first-order valence-electron chi connectivity index (χ1n) is 11.7. The molecule has 4 rings (SSSR count). The van der Waals surface area contributed by atoms with Gasteiger partial charge in [0.1, 0.15) is 0 Å². The molecule has 34 heavy (non-hydrogen) atoms. The second-order valence-corrected chi connectivity index (χ2v) is 10.7. The quantitative estimate of drug-likeness (QED) is 0.679. The molecule has 0 aliphatic carbocycles. The van der Waals surface area contributed by atoms with Crippen LogP contribution in [0.15, 0.2) is 47.4 Å². The Hall–Kier alpha value is -2.75. The molecule has 182 valence electrons. The molecule has 0 spiro atoms. The van der Waals surface area contributed by atoms with Gasteiger partial charge < -0.3 is 15.0 Å². The van der Waals surface area contributed by atoms with E-state index in [1.165, 1.54) is 10.4 Å². The molecule has 2 fully saturated rings. The van der Waals surface area contributed by atoms with Crippen molar-refractivity contribution in [3.8, 4) is 0 Å². The van der Waals surface area contributed by atoms with Gasteiger partial charge in [0, 0.05) is 43.9 Å². The number of ether oxygens (including phenoxy) is 1. The molecular weight excluding hydrogens is 454 g/mol. The van der Waals surface area contributed by atoms with Crippen LogP contribution >= 0.6 is 0 Å². The Kier molecular flexibility index (Phi) is 7.65. The molecule has 2 amide bonds. The zero-order valence-electron chi connectivity index (χ0n) is 19.5. The van der Waals surface area contributed by atoms with Crippen molar-refractivity contribution in [3.05, 3.63) is 64.7 Å². The average Bonchev–Trinajstić information content (AvgIpc) is 2.88. The number of amides is 2. The summed E-state index contributed by atoms with van der Waals surface area (Å²) in [5, 5.41) is 2.87. The van der Waals surface area contributed by atoms with E-state index in [1.54, 1.807) is 36.1 Å². The van der Waals surface area contributed by atoms with Gasteiger partial charge in [-0.3, -0.25) is 9.59 Å². The minimum atomic E-state index is -3.61.